The van der Waals surface area contributed by atoms with Crippen molar-refractivity contribution < 1.29 is 41.0 Å². The van der Waals surface area contributed by atoms with Gasteiger partial charge < -0.3 is 52.5 Å². The van der Waals surface area contributed by atoms with E-state index in [0.717, 1.165) is 0 Å². The van der Waals surface area contributed by atoms with Gasteiger partial charge in [0.1, 0.15) is 6.61 Å². The number of ether oxygens (including phenoxy) is 3. The molecule has 0 aliphatic rings. The molecule has 0 aromatic carbocycles. The Morgan fingerprint density at radius 2 is 0.960 bits per heavy atom. The van der Waals surface area contributed by atoms with Gasteiger partial charge in [-0.05, 0) is 0 Å². The second kappa shape index (κ2) is 20.6. The minimum Gasteiger partial charge on any atom is -0.388 e. The van der Waals surface area contributed by atoms with Crippen molar-refractivity contribution in [1.29, 1.82) is 0 Å². The topological polar surface area (TPSA) is 162 Å². The maximum absolute atomic E-state index is 9.69. The van der Waals surface area contributed by atoms with Gasteiger partial charge >= 0.3 is 5.97 Å². The van der Waals surface area contributed by atoms with E-state index in [-0.39, 0.29) is 21.7 Å². The first-order chi connectivity index (χ1) is 11.7. The summed E-state index contributed by atoms with van der Waals surface area (Å²) in [4.78, 5) is 0. The number of nitrogens with one attached hydrogen (secondary N) is 3. The van der Waals surface area contributed by atoms with Crippen LogP contribution in [0.15, 0.2) is 0 Å². The van der Waals surface area contributed by atoms with Gasteiger partial charge in [0.05, 0.1) is 19.8 Å². The van der Waals surface area contributed by atoms with Gasteiger partial charge in [-0.3, -0.25) is 0 Å². The Labute approximate surface area is 165 Å². The van der Waals surface area contributed by atoms with Crippen LogP contribution in [-0.2, 0) is 35.9 Å². The zero-order chi connectivity index (χ0) is 17.9. The molecule has 0 aromatic rings. The van der Waals surface area contributed by atoms with E-state index in [1.807, 2.05) is 0 Å². The molecule has 0 fully saturated rings. The minimum absolute atomic E-state index is 0. The molecule has 0 unspecified atom stereocenters. The van der Waals surface area contributed by atoms with Gasteiger partial charge in [0.15, 0.2) is 0 Å². The van der Waals surface area contributed by atoms with Crippen molar-refractivity contribution in [2.24, 2.45) is 17.2 Å². The zero-order valence-electron chi connectivity index (χ0n) is 15.1. The molecule has 0 bridgehead atoms. The van der Waals surface area contributed by atoms with E-state index in [9.17, 15) is 5.11 Å². The molecule has 10 N–H and O–H groups in total. The van der Waals surface area contributed by atoms with E-state index in [2.05, 4.69) is 16.0 Å². The van der Waals surface area contributed by atoms with E-state index >= 15 is 0 Å². The van der Waals surface area contributed by atoms with Crippen LogP contribution >= 0.6 is 0 Å². The van der Waals surface area contributed by atoms with Gasteiger partial charge in [-0.1, -0.05) is 0 Å². The predicted molar refractivity (Wildman–Crippen MR) is 93.4 cm³/mol. The molecule has 0 radical (unpaired) electrons. The maximum Gasteiger partial charge on any atom is 0.307 e. The van der Waals surface area contributed by atoms with E-state index in [4.69, 9.17) is 31.4 Å². The van der Waals surface area contributed by atoms with Gasteiger partial charge in [0.25, 0.3) is 0 Å². The third kappa shape index (κ3) is 16.2. The molecule has 0 rings (SSSR count). The smallest absolute Gasteiger partial charge is 0.307 e. The van der Waals surface area contributed by atoms with Crippen molar-refractivity contribution in [1.82, 2.24) is 16.0 Å². The third-order valence-electron chi connectivity index (χ3n) is 2.96. The quantitative estimate of drug-likeness (QED) is 0.0653. The van der Waals surface area contributed by atoms with Crippen LogP contribution in [0.1, 0.15) is 0 Å². The van der Waals surface area contributed by atoms with Crippen molar-refractivity contribution in [2.75, 3.05) is 85.3 Å². The summed E-state index contributed by atoms with van der Waals surface area (Å²) in [5, 5.41) is 19.0. The normalized spacial score (nSPS) is 11.5. The van der Waals surface area contributed by atoms with Gasteiger partial charge in [-0.15, -0.1) is 0 Å². The van der Waals surface area contributed by atoms with E-state index in [1.165, 1.54) is 0 Å². The first-order valence-corrected chi connectivity index (χ1v) is 8.49. The second-order valence-electron chi connectivity index (χ2n) is 5.00. The Morgan fingerprint density at radius 1 is 0.640 bits per heavy atom. The van der Waals surface area contributed by atoms with Crippen LogP contribution in [0.25, 0.3) is 0 Å². The monoisotopic (exact) mass is 400 g/mol. The molecule has 11 heteroatoms. The Hall–Kier alpha value is 0.314. The number of aliphatic hydroxyl groups excluding tert-OH is 1. The molecule has 0 aliphatic heterocycles. The van der Waals surface area contributed by atoms with Crippen LogP contribution in [0.5, 0.6) is 0 Å². The molecule has 0 aromatic heterocycles. The third-order valence-corrected chi connectivity index (χ3v) is 2.96. The fraction of sp³-hybridized carbons (Fsp3) is 1.00. The number of rotatable bonds is 19. The van der Waals surface area contributed by atoms with Crippen LogP contribution in [0.4, 0.5) is 0 Å². The Kier molecular flexibility index (Phi) is 22.7. The summed E-state index contributed by atoms with van der Waals surface area (Å²) in [7, 11) is 0. The van der Waals surface area contributed by atoms with Crippen LogP contribution < -0.4 is 33.2 Å². The van der Waals surface area contributed by atoms with Crippen LogP contribution in [0, 0.1) is 0 Å². The molecule has 10 nitrogen and oxygen atoms in total. The van der Waals surface area contributed by atoms with Gasteiger partial charge in [-0.2, -0.15) is 0 Å². The number of aliphatic hydroxyl groups is 1. The Balaban J connectivity index is 0. The van der Waals surface area contributed by atoms with Gasteiger partial charge in [0, 0.05) is 80.6 Å². The Bertz CT molecular complexity index is 233. The molecular weight excluding hydrogens is 364 g/mol. The van der Waals surface area contributed by atoms with Crippen LogP contribution in [-0.4, -0.2) is 96.4 Å². The molecular formula is C14H36N6O4Ti. The minimum atomic E-state index is -1.47. The summed E-state index contributed by atoms with van der Waals surface area (Å²) in [6, 6.07) is 0. The zero-order valence-corrected chi connectivity index (χ0v) is 16.7. The van der Waals surface area contributed by atoms with E-state index < -0.39 is 12.6 Å². The van der Waals surface area contributed by atoms with Gasteiger partial charge in [-0.25, -0.2) is 0 Å². The summed E-state index contributed by atoms with van der Waals surface area (Å²) >= 11 is 0. The molecule has 0 amide bonds. The first kappa shape index (κ1) is 27.5. The number of hydrogen-bond donors (Lipinski definition) is 7. The van der Waals surface area contributed by atoms with E-state index in [0.29, 0.717) is 78.7 Å². The van der Waals surface area contributed by atoms with Crippen LogP contribution in [0.2, 0.25) is 0 Å². The predicted octanol–water partition coefficient (Wildman–Crippen LogP) is -3.68. The summed E-state index contributed by atoms with van der Waals surface area (Å²) in [5.74, 6) is -1.47. The number of hydrogen-bond acceptors (Lipinski definition) is 10. The van der Waals surface area contributed by atoms with Crippen molar-refractivity contribution in [3.8, 4) is 0 Å². The van der Waals surface area contributed by atoms with Gasteiger partial charge in [0.2, 0.25) is 0 Å². The van der Waals surface area contributed by atoms with Crippen LogP contribution in [0.3, 0.4) is 0 Å². The molecule has 0 atom stereocenters. The Morgan fingerprint density at radius 3 is 1.20 bits per heavy atom. The summed E-state index contributed by atoms with van der Waals surface area (Å²) in [6.45, 7) is 6.08. The molecule has 0 spiro atoms. The molecule has 25 heavy (non-hydrogen) atoms. The summed E-state index contributed by atoms with van der Waals surface area (Å²) in [5.41, 5.74) is 16.2. The molecule has 0 saturated carbocycles. The largest absolute Gasteiger partial charge is 0.388 e. The average Bonchev–Trinajstić information content (AvgIpc) is 2.60. The molecule has 150 valence electrons. The van der Waals surface area contributed by atoms with Crippen molar-refractivity contribution >= 4 is 0 Å². The molecule has 0 heterocycles. The summed E-state index contributed by atoms with van der Waals surface area (Å²) in [6.07, 6.45) is 0. The fourth-order valence-electron chi connectivity index (χ4n) is 1.78. The maximum atomic E-state index is 9.69. The first-order valence-electron chi connectivity index (χ1n) is 8.49. The van der Waals surface area contributed by atoms with Crippen molar-refractivity contribution in [3.63, 3.8) is 0 Å². The number of nitrogens with two attached hydrogens (primary N) is 3. The second-order valence-corrected chi connectivity index (χ2v) is 5.00. The molecule has 0 aliphatic carbocycles. The van der Waals surface area contributed by atoms with E-state index in [1.54, 1.807) is 0 Å². The van der Waals surface area contributed by atoms with Crippen molar-refractivity contribution in [3.05, 3.63) is 0 Å². The fourth-order valence-corrected chi connectivity index (χ4v) is 1.78. The van der Waals surface area contributed by atoms with Crippen molar-refractivity contribution in [2.45, 2.75) is 5.97 Å². The SMILES string of the molecule is NCCNCCOC(CO)(OCCNCCN)OCCNCCN.[Ti]. The molecule has 0 saturated heterocycles. The average molecular weight is 400 g/mol. The standard InChI is InChI=1S/C14H36N6O4.Ti/c15-1-4-18-7-10-22-14(13-21,23-11-8-19-5-2-16)24-12-9-20-6-3-17;/h18-21H,1-13,15-17H2;. The summed E-state index contributed by atoms with van der Waals surface area (Å²) < 4.78 is 16.9.